The monoisotopic (exact) mass is 244 g/mol. The number of likely N-dealkylation sites (N-methyl/N-ethyl adjacent to an activating group) is 1. The lowest BCUT2D eigenvalue weighted by molar-refractivity contribution is -0.0114. The first-order valence-electron chi connectivity index (χ1n) is 6.99. The van der Waals surface area contributed by atoms with E-state index >= 15 is 0 Å². The Hall–Kier alpha value is -0.160. The van der Waals surface area contributed by atoms with E-state index in [-0.39, 0.29) is 6.10 Å². The summed E-state index contributed by atoms with van der Waals surface area (Å²) in [7, 11) is 0. The van der Waals surface area contributed by atoms with Gasteiger partial charge in [-0.3, -0.25) is 4.90 Å². The number of nitrogens with one attached hydrogen (secondary N) is 1. The first-order chi connectivity index (χ1) is 8.26. The van der Waals surface area contributed by atoms with Crippen molar-refractivity contribution in [2.75, 3.05) is 39.3 Å². The molecule has 0 aromatic rings. The number of nitrogens with zero attached hydrogens (tertiary/aromatic N) is 1. The van der Waals surface area contributed by atoms with Crippen LogP contribution in [0, 0.1) is 0 Å². The maximum atomic E-state index is 9.85. The van der Waals surface area contributed by atoms with E-state index in [0.717, 1.165) is 39.2 Å². The standard InChI is InChI=1S/C13H28N2O2/c1-3-8-17-13-6-5-7-15(11-13)10-12(16)9-14-4-2/h12-14,16H,3-11H2,1-2H3. The van der Waals surface area contributed by atoms with Crippen molar-refractivity contribution in [2.24, 2.45) is 0 Å². The van der Waals surface area contributed by atoms with Gasteiger partial charge in [-0.15, -0.1) is 0 Å². The smallest absolute Gasteiger partial charge is 0.0791 e. The van der Waals surface area contributed by atoms with Gasteiger partial charge < -0.3 is 15.2 Å². The SMILES string of the molecule is CCCOC1CCCN(CC(O)CNCC)C1. The molecule has 0 aromatic carbocycles. The number of hydrogen-bond acceptors (Lipinski definition) is 4. The highest BCUT2D eigenvalue weighted by atomic mass is 16.5. The molecule has 1 saturated heterocycles. The van der Waals surface area contributed by atoms with E-state index in [9.17, 15) is 5.11 Å². The molecule has 1 aliphatic heterocycles. The molecule has 1 aliphatic rings. The lowest BCUT2D eigenvalue weighted by Gasteiger charge is -2.33. The number of hydrogen-bond donors (Lipinski definition) is 2. The molecule has 17 heavy (non-hydrogen) atoms. The van der Waals surface area contributed by atoms with E-state index in [1.165, 1.54) is 12.8 Å². The Morgan fingerprint density at radius 3 is 3.00 bits per heavy atom. The molecule has 0 spiro atoms. The molecule has 0 aliphatic carbocycles. The topological polar surface area (TPSA) is 44.7 Å². The van der Waals surface area contributed by atoms with E-state index in [2.05, 4.69) is 24.1 Å². The normalized spacial score (nSPS) is 23.8. The molecular formula is C13H28N2O2. The van der Waals surface area contributed by atoms with Crippen LogP contribution in [-0.4, -0.2) is 61.5 Å². The fraction of sp³-hybridized carbons (Fsp3) is 1.00. The van der Waals surface area contributed by atoms with Crippen molar-refractivity contribution in [3.05, 3.63) is 0 Å². The Morgan fingerprint density at radius 1 is 1.47 bits per heavy atom. The van der Waals surface area contributed by atoms with Crippen LogP contribution >= 0.6 is 0 Å². The maximum Gasteiger partial charge on any atom is 0.0791 e. The van der Waals surface area contributed by atoms with Crippen LogP contribution in [0.4, 0.5) is 0 Å². The van der Waals surface area contributed by atoms with Crippen molar-refractivity contribution in [1.29, 1.82) is 0 Å². The summed E-state index contributed by atoms with van der Waals surface area (Å²) >= 11 is 0. The fourth-order valence-electron chi connectivity index (χ4n) is 2.27. The zero-order chi connectivity index (χ0) is 12.5. The molecule has 0 saturated carbocycles. The predicted octanol–water partition coefficient (Wildman–Crippen LogP) is 0.848. The van der Waals surface area contributed by atoms with Gasteiger partial charge in [0.05, 0.1) is 12.2 Å². The van der Waals surface area contributed by atoms with E-state index < -0.39 is 0 Å². The number of rotatable bonds is 8. The van der Waals surface area contributed by atoms with Crippen molar-refractivity contribution >= 4 is 0 Å². The molecule has 0 radical (unpaired) electrons. The number of likely N-dealkylation sites (tertiary alicyclic amines) is 1. The highest BCUT2D eigenvalue weighted by molar-refractivity contribution is 4.76. The number of piperidine rings is 1. The van der Waals surface area contributed by atoms with Crippen LogP contribution in [0.15, 0.2) is 0 Å². The summed E-state index contributed by atoms with van der Waals surface area (Å²) in [6.07, 6.45) is 3.54. The Bertz CT molecular complexity index is 188. The number of ether oxygens (including phenoxy) is 1. The van der Waals surface area contributed by atoms with Gasteiger partial charge in [0.1, 0.15) is 0 Å². The molecular weight excluding hydrogens is 216 g/mol. The summed E-state index contributed by atoms with van der Waals surface area (Å²) in [4.78, 5) is 2.33. The lowest BCUT2D eigenvalue weighted by atomic mass is 10.1. The van der Waals surface area contributed by atoms with Gasteiger partial charge in [0.25, 0.3) is 0 Å². The van der Waals surface area contributed by atoms with E-state index in [4.69, 9.17) is 4.74 Å². The van der Waals surface area contributed by atoms with Crippen LogP contribution in [0.2, 0.25) is 0 Å². The summed E-state index contributed by atoms with van der Waals surface area (Å²) in [5, 5.41) is 13.0. The Kier molecular flexibility index (Phi) is 7.77. The van der Waals surface area contributed by atoms with Gasteiger partial charge in [-0.05, 0) is 32.4 Å². The first-order valence-corrected chi connectivity index (χ1v) is 6.99. The summed E-state index contributed by atoms with van der Waals surface area (Å²) in [6, 6.07) is 0. The van der Waals surface area contributed by atoms with Gasteiger partial charge in [0, 0.05) is 26.2 Å². The Morgan fingerprint density at radius 2 is 2.29 bits per heavy atom. The minimum absolute atomic E-state index is 0.264. The molecule has 2 N–H and O–H groups in total. The Labute approximate surface area is 105 Å². The number of aliphatic hydroxyl groups excluding tert-OH is 1. The molecule has 4 nitrogen and oxygen atoms in total. The second kappa shape index (κ2) is 8.86. The second-order valence-corrected chi connectivity index (χ2v) is 4.86. The molecule has 2 unspecified atom stereocenters. The van der Waals surface area contributed by atoms with Crippen molar-refractivity contribution in [3.63, 3.8) is 0 Å². The van der Waals surface area contributed by atoms with E-state index in [1.54, 1.807) is 0 Å². The quantitative estimate of drug-likeness (QED) is 0.664. The third-order valence-corrected chi connectivity index (χ3v) is 3.12. The molecule has 4 heteroatoms. The van der Waals surface area contributed by atoms with Gasteiger partial charge in [-0.1, -0.05) is 13.8 Å². The molecule has 0 bridgehead atoms. The largest absolute Gasteiger partial charge is 0.390 e. The second-order valence-electron chi connectivity index (χ2n) is 4.86. The van der Waals surface area contributed by atoms with Crippen LogP contribution in [0.25, 0.3) is 0 Å². The minimum Gasteiger partial charge on any atom is -0.390 e. The Balaban J connectivity index is 2.19. The first kappa shape index (κ1) is 14.9. The maximum absolute atomic E-state index is 9.85. The van der Waals surface area contributed by atoms with Crippen molar-refractivity contribution in [3.8, 4) is 0 Å². The number of aliphatic hydroxyl groups is 1. The molecule has 0 amide bonds. The van der Waals surface area contributed by atoms with Gasteiger partial charge in [-0.25, -0.2) is 0 Å². The van der Waals surface area contributed by atoms with Crippen LogP contribution in [0.3, 0.4) is 0 Å². The van der Waals surface area contributed by atoms with Crippen molar-refractivity contribution < 1.29 is 9.84 Å². The van der Waals surface area contributed by atoms with Crippen LogP contribution in [0.5, 0.6) is 0 Å². The third-order valence-electron chi connectivity index (χ3n) is 3.12. The van der Waals surface area contributed by atoms with E-state index in [0.29, 0.717) is 12.6 Å². The molecule has 1 rings (SSSR count). The number of β-amino-alcohol motifs (C(OH)–C–C–N with tert-alkyl or cyclic N) is 1. The summed E-state index contributed by atoms with van der Waals surface area (Å²) in [5.41, 5.74) is 0. The summed E-state index contributed by atoms with van der Waals surface area (Å²) in [5.74, 6) is 0. The van der Waals surface area contributed by atoms with Crippen molar-refractivity contribution in [2.45, 2.75) is 45.3 Å². The van der Waals surface area contributed by atoms with Gasteiger partial charge >= 0.3 is 0 Å². The average Bonchev–Trinajstić information content (AvgIpc) is 2.34. The predicted molar refractivity (Wildman–Crippen MR) is 70.3 cm³/mol. The van der Waals surface area contributed by atoms with Gasteiger partial charge in [-0.2, -0.15) is 0 Å². The summed E-state index contributed by atoms with van der Waals surface area (Å²) < 4.78 is 5.79. The molecule has 2 atom stereocenters. The molecule has 102 valence electrons. The zero-order valence-electron chi connectivity index (χ0n) is 11.3. The van der Waals surface area contributed by atoms with Crippen LogP contribution < -0.4 is 5.32 Å². The van der Waals surface area contributed by atoms with Crippen molar-refractivity contribution in [1.82, 2.24) is 10.2 Å². The lowest BCUT2D eigenvalue weighted by Crippen LogP contribution is -2.45. The highest BCUT2D eigenvalue weighted by Crippen LogP contribution is 2.13. The molecule has 1 heterocycles. The zero-order valence-corrected chi connectivity index (χ0v) is 11.3. The molecule has 1 fully saturated rings. The third kappa shape index (κ3) is 6.36. The van der Waals surface area contributed by atoms with E-state index in [1.807, 2.05) is 0 Å². The van der Waals surface area contributed by atoms with Crippen LogP contribution in [0.1, 0.15) is 33.1 Å². The fourth-order valence-corrected chi connectivity index (χ4v) is 2.27. The highest BCUT2D eigenvalue weighted by Gasteiger charge is 2.21. The average molecular weight is 244 g/mol. The minimum atomic E-state index is -0.264. The summed E-state index contributed by atoms with van der Waals surface area (Å²) in [6.45, 7) is 9.49. The van der Waals surface area contributed by atoms with Crippen LogP contribution in [-0.2, 0) is 4.74 Å². The van der Waals surface area contributed by atoms with Gasteiger partial charge in [0.15, 0.2) is 0 Å². The van der Waals surface area contributed by atoms with Gasteiger partial charge in [0.2, 0.25) is 0 Å². The molecule has 0 aromatic heterocycles.